The van der Waals surface area contributed by atoms with Crippen molar-refractivity contribution in [2.45, 2.75) is 32.7 Å². The van der Waals surface area contributed by atoms with Crippen LogP contribution in [0.2, 0.25) is 0 Å². The van der Waals surface area contributed by atoms with Crippen LogP contribution in [0.5, 0.6) is 0 Å². The molecule has 6 nitrogen and oxygen atoms in total. The molecule has 0 saturated carbocycles. The number of rotatable bonds is 5. The molecule has 1 amide bonds. The first kappa shape index (κ1) is 15.9. The van der Waals surface area contributed by atoms with Gasteiger partial charge in [-0.15, -0.1) is 0 Å². The Morgan fingerprint density at radius 2 is 2.00 bits per heavy atom. The van der Waals surface area contributed by atoms with E-state index in [1.807, 2.05) is 0 Å². The van der Waals surface area contributed by atoms with E-state index in [2.05, 4.69) is 17.0 Å². The third kappa shape index (κ3) is 4.53. The molecule has 1 saturated heterocycles. The number of likely N-dealkylation sites (tertiary alicyclic amines) is 1. The summed E-state index contributed by atoms with van der Waals surface area (Å²) >= 11 is 0. The Hall–Kier alpha value is -2.11. The molecular weight excluding hydrogens is 258 g/mol. The fraction of sp³-hybridized carbons (Fsp3) is 0.500. The van der Waals surface area contributed by atoms with Crippen LogP contribution in [0.25, 0.3) is 0 Å². The molecule has 1 aliphatic rings. The highest BCUT2D eigenvalue weighted by Gasteiger charge is 2.21. The number of hydrogen-bond donors (Lipinski definition) is 2. The molecule has 0 aromatic carbocycles. The lowest BCUT2D eigenvalue weighted by Crippen LogP contribution is -2.43. The van der Waals surface area contributed by atoms with Crippen molar-refractivity contribution in [1.82, 2.24) is 10.2 Å². The maximum Gasteiger partial charge on any atom is 0.335 e. The Morgan fingerprint density at radius 3 is 2.40 bits per heavy atom. The van der Waals surface area contributed by atoms with Gasteiger partial charge in [-0.25, -0.2) is 9.79 Å². The molecule has 0 aromatic rings. The van der Waals surface area contributed by atoms with Crippen LogP contribution in [0, 0.1) is 0 Å². The number of allylic oxidation sites excluding steroid dienone is 1. The first-order valence-electron chi connectivity index (χ1n) is 6.58. The Kier molecular flexibility index (Phi) is 5.96. The summed E-state index contributed by atoms with van der Waals surface area (Å²) in [5.74, 6) is -0.466. The minimum atomic E-state index is -0.998. The summed E-state index contributed by atoms with van der Waals surface area (Å²) in [5, 5.41) is 12.1. The number of aliphatic carboxylic acids is 1. The van der Waals surface area contributed by atoms with Gasteiger partial charge in [-0.05, 0) is 32.6 Å². The van der Waals surface area contributed by atoms with Crippen LogP contribution in [0.15, 0.2) is 28.5 Å². The highest BCUT2D eigenvalue weighted by atomic mass is 16.4. The van der Waals surface area contributed by atoms with Gasteiger partial charge in [0.25, 0.3) is 0 Å². The quantitative estimate of drug-likeness (QED) is 0.449. The van der Waals surface area contributed by atoms with Gasteiger partial charge in [-0.1, -0.05) is 6.08 Å². The van der Waals surface area contributed by atoms with E-state index in [0.29, 0.717) is 18.9 Å². The molecule has 0 aromatic heterocycles. The molecule has 20 heavy (non-hydrogen) atoms. The van der Waals surface area contributed by atoms with Crippen molar-refractivity contribution in [2.75, 3.05) is 13.1 Å². The second-order valence-electron chi connectivity index (χ2n) is 4.66. The number of hydrogen-bond acceptors (Lipinski definition) is 4. The number of carboxylic acids is 1. The topological polar surface area (TPSA) is 82.0 Å². The number of aliphatic imine (C=N–C) groups is 1. The number of nitrogens with one attached hydrogen (secondary N) is 1. The largest absolute Gasteiger partial charge is 0.478 e. The van der Waals surface area contributed by atoms with Crippen LogP contribution in [-0.4, -0.2) is 47.7 Å². The first-order chi connectivity index (χ1) is 9.47. The standard InChI is InChI=1S/C14H21N3O3/c1-4-11(14(19)20)9-13(15-3)16-12-5-7-17(8-6-12)10(2)18/h4,9,12,16H,3,5-8H2,1-2H3,(H,19,20)/b11-4+,13-9+. The summed E-state index contributed by atoms with van der Waals surface area (Å²) in [6.07, 6.45) is 4.59. The van der Waals surface area contributed by atoms with Gasteiger partial charge in [-0.2, -0.15) is 0 Å². The Bertz CT molecular complexity index is 447. The minimum Gasteiger partial charge on any atom is -0.478 e. The van der Waals surface area contributed by atoms with E-state index in [0.717, 1.165) is 12.8 Å². The molecule has 1 rings (SSSR count). The molecule has 2 N–H and O–H groups in total. The maximum atomic E-state index is 11.2. The van der Waals surface area contributed by atoms with Crippen molar-refractivity contribution in [3.63, 3.8) is 0 Å². The van der Waals surface area contributed by atoms with Gasteiger partial charge in [0.2, 0.25) is 5.91 Å². The van der Waals surface area contributed by atoms with E-state index in [9.17, 15) is 9.59 Å². The second-order valence-corrected chi connectivity index (χ2v) is 4.66. The van der Waals surface area contributed by atoms with Crippen molar-refractivity contribution in [2.24, 2.45) is 4.99 Å². The summed E-state index contributed by atoms with van der Waals surface area (Å²) in [6, 6.07) is 0.175. The van der Waals surface area contributed by atoms with Crippen molar-refractivity contribution in [3.05, 3.63) is 23.5 Å². The molecule has 0 atom stereocenters. The zero-order chi connectivity index (χ0) is 15.1. The lowest BCUT2D eigenvalue weighted by Gasteiger charge is -2.32. The van der Waals surface area contributed by atoms with E-state index in [1.54, 1.807) is 18.7 Å². The van der Waals surface area contributed by atoms with Crippen molar-refractivity contribution in [3.8, 4) is 0 Å². The van der Waals surface area contributed by atoms with E-state index < -0.39 is 5.97 Å². The summed E-state index contributed by atoms with van der Waals surface area (Å²) in [5.41, 5.74) is 0.168. The van der Waals surface area contributed by atoms with Gasteiger partial charge in [0.05, 0.1) is 5.57 Å². The van der Waals surface area contributed by atoms with Gasteiger partial charge in [0.1, 0.15) is 5.82 Å². The average molecular weight is 279 g/mol. The zero-order valence-electron chi connectivity index (χ0n) is 11.9. The molecule has 1 aliphatic heterocycles. The SMILES string of the molecule is C=N/C(=C\C(=C/C)C(=O)O)NC1CCN(C(C)=O)CC1. The Balaban J connectivity index is 2.62. The molecule has 0 bridgehead atoms. The summed E-state index contributed by atoms with van der Waals surface area (Å²) in [6.45, 7) is 8.08. The molecule has 0 aliphatic carbocycles. The van der Waals surface area contributed by atoms with Crippen molar-refractivity contribution in [1.29, 1.82) is 0 Å². The van der Waals surface area contributed by atoms with Crippen molar-refractivity contribution >= 4 is 18.6 Å². The number of carbonyl (C=O) groups is 2. The lowest BCUT2D eigenvalue weighted by atomic mass is 10.0. The van der Waals surface area contributed by atoms with Gasteiger partial charge in [0, 0.05) is 26.1 Å². The van der Waals surface area contributed by atoms with Crippen LogP contribution in [-0.2, 0) is 9.59 Å². The highest BCUT2D eigenvalue weighted by molar-refractivity contribution is 5.89. The zero-order valence-corrected chi connectivity index (χ0v) is 11.9. The van der Waals surface area contributed by atoms with Crippen LogP contribution in [0.3, 0.4) is 0 Å². The minimum absolute atomic E-state index is 0.0862. The fourth-order valence-corrected chi connectivity index (χ4v) is 2.10. The van der Waals surface area contributed by atoms with Gasteiger partial charge < -0.3 is 15.3 Å². The third-order valence-corrected chi connectivity index (χ3v) is 3.31. The third-order valence-electron chi connectivity index (χ3n) is 3.31. The second kappa shape index (κ2) is 7.47. The number of amides is 1. The lowest BCUT2D eigenvalue weighted by molar-refractivity contribution is -0.132. The smallest absolute Gasteiger partial charge is 0.335 e. The molecule has 0 spiro atoms. The van der Waals surface area contributed by atoms with Gasteiger partial charge >= 0.3 is 5.97 Å². The Labute approximate surface area is 118 Å². The first-order valence-corrected chi connectivity index (χ1v) is 6.58. The predicted octanol–water partition coefficient (Wildman–Crippen LogP) is 1.16. The average Bonchev–Trinajstić information content (AvgIpc) is 2.43. The van der Waals surface area contributed by atoms with E-state index in [4.69, 9.17) is 5.11 Å². The monoisotopic (exact) mass is 279 g/mol. The molecule has 1 heterocycles. The molecule has 110 valence electrons. The molecule has 0 unspecified atom stereocenters. The number of nitrogens with zero attached hydrogens (tertiary/aromatic N) is 2. The van der Waals surface area contributed by atoms with E-state index >= 15 is 0 Å². The van der Waals surface area contributed by atoms with Crippen LogP contribution < -0.4 is 5.32 Å². The maximum absolute atomic E-state index is 11.2. The van der Waals surface area contributed by atoms with Crippen molar-refractivity contribution < 1.29 is 14.7 Å². The predicted molar refractivity (Wildman–Crippen MR) is 77.4 cm³/mol. The van der Waals surface area contributed by atoms with E-state index in [-0.39, 0.29) is 17.5 Å². The summed E-state index contributed by atoms with van der Waals surface area (Å²) in [7, 11) is 0. The van der Waals surface area contributed by atoms with Crippen LogP contribution in [0.1, 0.15) is 26.7 Å². The highest BCUT2D eigenvalue weighted by Crippen LogP contribution is 2.13. The summed E-state index contributed by atoms with van der Waals surface area (Å²) in [4.78, 5) is 27.8. The molecule has 1 fully saturated rings. The van der Waals surface area contributed by atoms with Gasteiger partial charge in [-0.3, -0.25) is 4.79 Å². The number of carbonyl (C=O) groups excluding carboxylic acids is 1. The fourth-order valence-electron chi connectivity index (χ4n) is 2.10. The normalized spacial score (nSPS) is 17.8. The molecular formula is C14H21N3O3. The number of piperidine rings is 1. The van der Waals surface area contributed by atoms with Gasteiger partial charge in [0.15, 0.2) is 0 Å². The van der Waals surface area contributed by atoms with Crippen LogP contribution in [0.4, 0.5) is 0 Å². The molecule has 6 heteroatoms. The molecule has 0 radical (unpaired) electrons. The summed E-state index contributed by atoms with van der Waals surface area (Å²) < 4.78 is 0. The van der Waals surface area contributed by atoms with Crippen LogP contribution >= 0.6 is 0 Å². The Morgan fingerprint density at radius 1 is 1.40 bits per heavy atom. The number of carboxylic acid groups (broad SMARTS) is 1. The van der Waals surface area contributed by atoms with E-state index in [1.165, 1.54) is 12.2 Å².